The first-order chi connectivity index (χ1) is 7.29. The molecule has 15 heavy (non-hydrogen) atoms. The summed E-state index contributed by atoms with van der Waals surface area (Å²) in [5.74, 6) is 1.68. The van der Waals surface area contributed by atoms with E-state index in [9.17, 15) is 0 Å². The van der Waals surface area contributed by atoms with Crippen LogP contribution in [0.5, 0.6) is 0 Å². The maximum absolute atomic E-state index is 4.35. The second kappa shape index (κ2) is 5.43. The van der Waals surface area contributed by atoms with E-state index in [1.807, 2.05) is 12.4 Å². The van der Waals surface area contributed by atoms with E-state index in [4.69, 9.17) is 0 Å². The number of hydrogen-bond acceptors (Lipinski definition) is 3. The lowest BCUT2D eigenvalue weighted by Gasteiger charge is -2.15. The summed E-state index contributed by atoms with van der Waals surface area (Å²) in [6, 6.07) is 0. The number of halogens is 2. The van der Waals surface area contributed by atoms with Gasteiger partial charge in [0.15, 0.2) is 0 Å². The van der Waals surface area contributed by atoms with Crippen LogP contribution < -0.4 is 4.90 Å². The van der Waals surface area contributed by atoms with Crippen LogP contribution in [0.25, 0.3) is 0 Å². The summed E-state index contributed by atoms with van der Waals surface area (Å²) in [6.45, 7) is 2.20. The minimum Gasteiger partial charge on any atom is -0.341 e. The Balaban J connectivity index is 1.98. The molecule has 5 heteroatoms. The molecule has 1 saturated heterocycles. The average molecular weight is 382 g/mol. The van der Waals surface area contributed by atoms with Gasteiger partial charge >= 0.3 is 0 Å². The van der Waals surface area contributed by atoms with Crippen molar-refractivity contribution in [1.29, 1.82) is 0 Å². The van der Waals surface area contributed by atoms with E-state index in [2.05, 4.69) is 53.4 Å². The van der Waals surface area contributed by atoms with Crippen molar-refractivity contribution in [2.75, 3.05) is 23.3 Å². The van der Waals surface area contributed by atoms with Crippen molar-refractivity contribution in [2.24, 2.45) is 5.92 Å². The van der Waals surface area contributed by atoms with Crippen molar-refractivity contribution < 1.29 is 0 Å². The minimum atomic E-state index is 0.798. The molecule has 0 amide bonds. The van der Waals surface area contributed by atoms with Crippen LogP contribution in [-0.2, 0) is 0 Å². The third kappa shape index (κ3) is 3.03. The number of rotatable bonds is 3. The zero-order chi connectivity index (χ0) is 10.7. The fraction of sp³-hybridized carbons (Fsp3) is 0.600. The first-order valence-electron chi connectivity index (χ1n) is 5.08. The number of alkyl halides is 1. The zero-order valence-electron chi connectivity index (χ0n) is 8.37. The monoisotopic (exact) mass is 381 g/mol. The normalized spacial score (nSPS) is 20.9. The summed E-state index contributed by atoms with van der Waals surface area (Å²) in [5, 5.41) is 1.10. The third-order valence-corrected chi connectivity index (χ3v) is 3.71. The van der Waals surface area contributed by atoms with Gasteiger partial charge in [0.25, 0.3) is 0 Å². The highest BCUT2D eigenvalue weighted by Gasteiger charge is 2.23. The van der Waals surface area contributed by atoms with Crippen LogP contribution >= 0.6 is 38.5 Å². The van der Waals surface area contributed by atoms with Gasteiger partial charge in [-0.15, -0.1) is 0 Å². The molecular weight excluding hydrogens is 369 g/mol. The van der Waals surface area contributed by atoms with E-state index in [-0.39, 0.29) is 0 Å². The van der Waals surface area contributed by atoms with Gasteiger partial charge in [0.1, 0.15) is 0 Å². The smallest absolute Gasteiger partial charge is 0.225 e. The van der Waals surface area contributed by atoms with Gasteiger partial charge in [-0.2, -0.15) is 0 Å². The summed E-state index contributed by atoms with van der Waals surface area (Å²) < 4.78 is 1.09. The molecular formula is C10H13BrIN3. The molecule has 2 heterocycles. The molecule has 1 aliphatic rings. The number of anilines is 1. The average Bonchev–Trinajstić information content (AvgIpc) is 2.68. The standard InChI is InChI=1S/C10H13BrIN3/c11-3-1-8-2-4-15(7-8)10-13-5-9(12)6-14-10/h5-6,8H,1-4,7H2. The molecule has 3 nitrogen and oxygen atoms in total. The predicted octanol–water partition coefficient (Wildman–Crippen LogP) is 2.69. The Morgan fingerprint density at radius 2 is 2.20 bits per heavy atom. The van der Waals surface area contributed by atoms with Gasteiger partial charge in [-0.1, -0.05) is 15.9 Å². The van der Waals surface area contributed by atoms with Gasteiger partial charge in [-0.25, -0.2) is 9.97 Å². The molecule has 1 aromatic heterocycles. The molecule has 1 unspecified atom stereocenters. The zero-order valence-corrected chi connectivity index (χ0v) is 12.1. The van der Waals surface area contributed by atoms with Crippen LogP contribution in [-0.4, -0.2) is 28.4 Å². The van der Waals surface area contributed by atoms with Crippen LogP contribution in [0.15, 0.2) is 12.4 Å². The maximum atomic E-state index is 4.35. The van der Waals surface area contributed by atoms with Gasteiger partial charge in [0.2, 0.25) is 5.95 Å². The van der Waals surface area contributed by atoms with Gasteiger partial charge in [0, 0.05) is 34.4 Å². The lowest BCUT2D eigenvalue weighted by Crippen LogP contribution is -2.22. The summed E-state index contributed by atoms with van der Waals surface area (Å²) in [5.41, 5.74) is 0. The first kappa shape index (κ1) is 11.6. The molecule has 0 N–H and O–H groups in total. The van der Waals surface area contributed by atoms with Gasteiger partial charge in [-0.3, -0.25) is 0 Å². The molecule has 0 aliphatic carbocycles. The van der Waals surface area contributed by atoms with Gasteiger partial charge in [-0.05, 0) is 41.4 Å². The highest BCUT2D eigenvalue weighted by molar-refractivity contribution is 14.1. The Hall–Kier alpha value is 0.0900. The van der Waals surface area contributed by atoms with E-state index in [1.54, 1.807) is 0 Å². The molecule has 0 aromatic carbocycles. The van der Waals surface area contributed by atoms with E-state index in [0.717, 1.165) is 33.9 Å². The molecule has 0 saturated carbocycles. The summed E-state index contributed by atoms with van der Waals surface area (Å²) in [4.78, 5) is 11.0. The number of nitrogens with zero attached hydrogens (tertiary/aromatic N) is 3. The quantitative estimate of drug-likeness (QED) is 0.595. The molecule has 82 valence electrons. The molecule has 1 aromatic rings. The molecule has 1 atom stereocenters. The van der Waals surface area contributed by atoms with E-state index in [1.165, 1.54) is 12.8 Å². The maximum Gasteiger partial charge on any atom is 0.225 e. The van der Waals surface area contributed by atoms with E-state index in [0.29, 0.717) is 0 Å². The fourth-order valence-electron chi connectivity index (χ4n) is 1.87. The van der Waals surface area contributed by atoms with Crippen LogP contribution in [0.4, 0.5) is 5.95 Å². The largest absolute Gasteiger partial charge is 0.341 e. The third-order valence-electron chi connectivity index (χ3n) is 2.69. The Kier molecular flexibility index (Phi) is 4.19. The molecule has 0 spiro atoms. The van der Waals surface area contributed by atoms with Crippen molar-refractivity contribution in [3.8, 4) is 0 Å². The second-order valence-electron chi connectivity index (χ2n) is 3.78. The van der Waals surface area contributed by atoms with Crippen LogP contribution in [0.3, 0.4) is 0 Å². The first-order valence-corrected chi connectivity index (χ1v) is 7.28. The summed E-state index contributed by atoms with van der Waals surface area (Å²) >= 11 is 5.72. The van der Waals surface area contributed by atoms with Crippen molar-refractivity contribution in [1.82, 2.24) is 9.97 Å². The minimum absolute atomic E-state index is 0.798. The van der Waals surface area contributed by atoms with Crippen molar-refractivity contribution in [2.45, 2.75) is 12.8 Å². The lowest BCUT2D eigenvalue weighted by atomic mass is 10.1. The van der Waals surface area contributed by atoms with Crippen LogP contribution in [0.2, 0.25) is 0 Å². The van der Waals surface area contributed by atoms with Gasteiger partial charge in [0.05, 0.1) is 0 Å². The second-order valence-corrected chi connectivity index (χ2v) is 5.82. The van der Waals surface area contributed by atoms with Crippen molar-refractivity contribution in [3.05, 3.63) is 16.0 Å². The van der Waals surface area contributed by atoms with E-state index >= 15 is 0 Å². The van der Waals surface area contributed by atoms with E-state index < -0.39 is 0 Å². The highest BCUT2D eigenvalue weighted by Crippen LogP contribution is 2.23. The lowest BCUT2D eigenvalue weighted by molar-refractivity contribution is 0.575. The van der Waals surface area contributed by atoms with Crippen LogP contribution in [0, 0.1) is 9.49 Å². The predicted molar refractivity (Wildman–Crippen MR) is 73.5 cm³/mol. The highest BCUT2D eigenvalue weighted by atomic mass is 127. The molecule has 1 aliphatic heterocycles. The van der Waals surface area contributed by atoms with Crippen molar-refractivity contribution >= 4 is 44.5 Å². The topological polar surface area (TPSA) is 29.0 Å². The Morgan fingerprint density at radius 3 is 2.87 bits per heavy atom. The van der Waals surface area contributed by atoms with Crippen LogP contribution in [0.1, 0.15) is 12.8 Å². The Labute approximate surface area is 112 Å². The number of hydrogen-bond donors (Lipinski definition) is 0. The Morgan fingerprint density at radius 1 is 1.47 bits per heavy atom. The molecule has 0 radical (unpaired) electrons. The van der Waals surface area contributed by atoms with Crippen molar-refractivity contribution in [3.63, 3.8) is 0 Å². The molecule has 2 rings (SSSR count). The summed E-state index contributed by atoms with van der Waals surface area (Å²) in [7, 11) is 0. The molecule has 1 fully saturated rings. The SMILES string of the molecule is BrCCC1CCN(c2ncc(I)cn2)C1. The number of aromatic nitrogens is 2. The molecule has 0 bridgehead atoms. The summed E-state index contributed by atoms with van der Waals surface area (Å²) in [6.07, 6.45) is 6.27. The Bertz CT molecular complexity index is 317. The van der Waals surface area contributed by atoms with Gasteiger partial charge < -0.3 is 4.90 Å². The fourth-order valence-corrected chi connectivity index (χ4v) is 2.80.